The first-order chi connectivity index (χ1) is 12.1. The second kappa shape index (κ2) is 6.52. The number of carbonyl (C=O) groups is 1. The number of nitrogens with zero attached hydrogens (tertiary/aromatic N) is 2. The first-order valence-corrected chi connectivity index (χ1v) is 8.94. The molecule has 0 aromatic heterocycles. The Hall–Kier alpha value is -2.33. The third-order valence-electron chi connectivity index (χ3n) is 5.60. The lowest BCUT2D eigenvalue weighted by Crippen LogP contribution is -2.34. The van der Waals surface area contributed by atoms with Gasteiger partial charge >= 0.3 is 0 Å². The predicted molar refractivity (Wildman–Crippen MR) is 96.9 cm³/mol. The van der Waals surface area contributed by atoms with E-state index in [0.29, 0.717) is 17.6 Å². The van der Waals surface area contributed by atoms with E-state index in [1.807, 2.05) is 18.2 Å². The van der Waals surface area contributed by atoms with Gasteiger partial charge in [0.25, 0.3) is 0 Å². The number of benzene rings is 2. The molecule has 0 radical (unpaired) electrons. The molecular weight excluding hydrogens is 312 g/mol. The molecule has 25 heavy (non-hydrogen) atoms. The van der Waals surface area contributed by atoms with Crippen molar-refractivity contribution in [2.45, 2.75) is 19.5 Å². The molecular formula is C21H24N2O2. The zero-order valence-electron chi connectivity index (χ0n) is 14.5. The fourth-order valence-electron chi connectivity index (χ4n) is 4.58. The Bertz CT molecular complexity index is 762. The van der Waals surface area contributed by atoms with Gasteiger partial charge < -0.3 is 10.0 Å². The molecule has 4 heteroatoms. The summed E-state index contributed by atoms with van der Waals surface area (Å²) in [6.07, 6.45) is 0. The standard InChI is InChI=1S/C21H24N2O2/c1-15(24)23-13-18-12-22(11-16-6-5-9-19(25)10-16)14-20(18)21(23)17-7-3-2-4-8-17/h2-10,18,20-21,25H,11-14H2,1H3/t18-,20-,21-/m1/s1. The number of likely N-dealkylation sites (tertiary alicyclic amines) is 2. The van der Waals surface area contributed by atoms with Crippen LogP contribution >= 0.6 is 0 Å². The molecule has 2 aromatic carbocycles. The molecule has 0 saturated carbocycles. The summed E-state index contributed by atoms with van der Waals surface area (Å²) in [5.74, 6) is 1.49. The van der Waals surface area contributed by atoms with Crippen LogP contribution in [0.2, 0.25) is 0 Å². The van der Waals surface area contributed by atoms with Crippen molar-refractivity contribution in [1.29, 1.82) is 0 Å². The van der Waals surface area contributed by atoms with E-state index in [2.05, 4.69) is 40.1 Å². The molecule has 130 valence electrons. The molecule has 2 fully saturated rings. The minimum Gasteiger partial charge on any atom is -0.508 e. The molecule has 2 heterocycles. The Morgan fingerprint density at radius 1 is 1.08 bits per heavy atom. The van der Waals surface area contributed by atoms with Crippen molar-refractivity contribution in [1.82, 2.24) is 9.80 Å². The van der Waals surface area contributed by atoms with E-state index in [4.69, 9.17) is 0 Å². The van der Waals surface area contributed by atoms with Gasteiger partial charge in [0.15, 0.2) is 0 Å². The van der Waals surface area contributed by atoms with E-state index in [1.54, 1.807) is 13.0 Å². The van der Waals surface area contributed by atoms with Gasteiger partial charge in [-0.1, -0.05) is 42.5 Å². The van der Waals surface area contributed by atoms with Gasteiger partial charge in [-0.15, -0.1) is 0 Å². The fourth-order valence-corrected chi connectivity index (χ4v) is 4.58. The summed E-state index contributed by atoms with van der Waals surface area (Å²) in [5.41, 5.74) is 2.38. The van der Waals surface area contributed by atoms with Crippen LogP contribution in [-0.4, -0.2) is 40.4 Å². The summed E-state index contributed by atoms with van der Waals surface area (Å²) < 4.78 is 0. The predicted octanol–water partition coefficient (Wildman–Crippen LogP) is 3.04. The molecule has 0 bridgehead atoms. The lowest BCUT2D eigenvalue weighted by molar-refractivity contribution is -0.130. The first kappa shape index (κ1) is 16.2. The number of hydrogen-bond donors (Lipinski definition) is 1. The van der Waals surface area contributed by atoms with Crippen LogP contribution in [-0.2, 0) is 11.3 Å². The Morgan fingerprint density at radius 3 is 2.60 bits per heavy atom. The minimum atomic E-state index is 0.169. The zero-order chi connectivity index (χ0) is 17.4. The second-order valence-corrected chi connectivity index (χ2v) is 7.31. The number of aromatic hydroxyl groups is 1. The van der Waals surface area contributed by atoms with Gasteiger partial charge in [-0.05, 0) is 29.2 Å². The minimum absolute atomic E-state index is 0.169. The molecule has 2 aliphatic heterocycles. The van der Waals surface area contributed by atoms with Crippen LogP contribution in [0.1, 0.15) is 24.1 Å². The molecule has 1 N–H and O–H groups in total. The Balaban J connectivity index is 1.53. The Morgan fingerprint density at radius 2 is 1.88 bits per heavy atom. The van der Waals surface area contributed by atoms with E-state index >= 15 is 0 Å². The average Bonchev–Trinajstić information content (AvgIpc) is 3.12. The van der Waals surface area contributed by atoms with E-state index in [1.165, 1.54) is 5.56 Å². The second-order valence-electron chi connectivity index (χ2n) is 7.31. The summed E-state index contributed by atoms with van der Waals surface area (Å²) in [4.78, 5) is 16.7. The summed E-state index contributed by atoms with van der Waals surface area (Å²) in [5, 5.41) is 9.67. The van der Waals surface area contributed by atoms with Crippen molar-refractivity contribution < 1.29 is 9.90 Å². The number of rotatable bonds is 3. The third-order valence-corrected chi connectivity index (χ3v) is 5.60. The summed E-state index contributed by atoms with van der Waals surface area (Å²) in [6.45, 7) is 5.37. The maximum Gasteiger partial charge on any atom is 0.219 e. The van der Waals surface area contributed by atoms with Crippen molar-refractivity contribution in [3.63, 3.8) is 0 Å². The van der Waals surface area contributed by atoms with Crippen molar-refractivity contribution in [3.8, 4) is 5.75 Å². The third kappa shape index (κ3) is 3.14. The lowest BCUT2D eigenvalue weighted by Gasteiger charge is -2.29. The quantitative estimate of drug-likeness (QED) is 0.937. The van der Waals surface area contributed by atoms with Crippen LogP contribution in [0.3, 0.4) is 0 Å². The van der Waals surface area contributed by atoms with Gasteiger partial charge in [0.2, 0.25) is 5.91 Å². The molecule has 3 atom stereocenters. The molecule has 1 amide bonds. The van der Waals surface area contributed by atoms with Gasteiger partial charge in [0.05, 0.1) is 6.04 Å². The molecule has 2 aromatic rings. The highest BCUT2D eigenvalue weighted by atomic mass is 16.3. The highest BCUT2D eigenvalue weighted by Gasteiger charge is 2.48. The highest BCUT2D eigenvalue weighted by Crippen LogP contribution is 2.45. The van der Waals surface area contributed by atoms with Gasteiger partial charge in [-0.25, -0.2) is 0 Å². The largest absolute Gasteiger partial charge is 0.508 e. The smallest absolute Gasteiger partial charge is 0.219 e. The molecule has 2 aliphatic rings. The van der Waals surface area contributed by atoms with Crippen LogP contribution < -0.4 is 0 Å². The molecule has 0 aliphatic carbocycles. The van der Waals surface area contributed by atoms with E-state index in [9.17, 15) is 9.90 Å². The van der Waals surface area contributed by atoms with Gasteiger partial charge in [0, 0.05) is 39.0 Å². The molecule has 2 saturated heterocycles. The fraction of sp³-hybridized carbons (Fsp3) is 0.381. The molecule has 0 unspecified atom stereocenters. The van der Waals surface area contributed by atoms with Crippen molar-refractivity contribution in [2.75, 3.05) is 19.6 Å². The monoisotopic (exact) mass is 336 g/mol. The van der Waals surface area contributed by atoms with Gasteiger partial charge in [-0.2, -0.15) is 0 Å². The number of phenols is 1. The number of carbonyl (C=O) groups excluding carboxylic acids is 1. The maximum atomic E-state index is 12.2. The zero-order valence-corrected chi connectivity index (χ0v) is 14.5. The normalized spacial score (nSPS) is 26.0. The van der Waals surface area contributed by atoms with Crippen LogP contribution in [0.15, 0.2) is 54.6 Å². The molecule has 4 rings (SSSR count). The lowest BCUT2D eigenvalue weighted by atomic mass is 9.89. The number of hydrogen-bond acceptors (Lipinski definition) is 3. The number of amides is 1. The van der Waals surface area contributed by atoms with Crippen LogP contribution in [0.4, 0.5) is 0 Å². The summed E-state index contributed by atoms with van der Waals surface area (Å²) in [7, 11) is 0. The van der Waals surface area contributed by atoms with Crippen LogP contribution in [0.25, 0.3) is 0 Å². The molecule has 4 nitrogen and oxygen atoms in total. The van der Waals surface area contributed by atoms with E-state index in [-0.39, 0.29) is 11.9 Å². The van der Waals surface area contributed by atoms with E-state index in [0.717, 1.165) is 31.7 Å². The summed E-state index contributed by atoms with van der Waals surface area (Å²) in [6, 6.07) is 18.1. The maximum absolute atomic E-state index is 12.2. The number of fused-ring (bicyclic) bond motifs is 1. The Labute approximate surface area is 148 Å². The SMILES string of the molecule is CC(=O)N1C[C@H]2CN(Cc3cccc(O)c3)C[C@H]2[C@H]1c1ccccc1. The average molecular weight is 336 g/mol. The summed E-state index contributed by atoms with van der Waals surface area (Å²) >= 11 is 0. The highest BCUT2D eigenvalue weighted by molar-refractivity contribution is 5.74. The first-order valence-electron chi connectivity index (χ1n) is 8.94. The van der Waals surface area contributed by atoms with Gasteiger partial charge in [-0.3, -0.25) is 9.69 Å². The van der Waals surface area contributed by atoms with Gasteiger partial charge in [0.1, 0.15) is 5.75 Å². The van der Waals surface area contributed by atoms with E-state index < -0.39 is 0 Å². The van der Waals surface area contributed by atoms with Crippen LogP contribution in [0.5, 0.6) is 5.75 Å². The van der Waals surface area contributed by atoms with Crippen molar-refractivity contribution in [2.24, 2.45) is 11.8 Å². The molecule has 0 spiro atoms. The Kier molecular flexibility index (Phi) is 4.22. The van der Waals surface area contributed by atoms with Crippen molar-refractivity contribution >= 4 is 5.91 Å². The topological polar surface area (TPSA) is 43.8 Å². The van der Waals surface area contributed by atoms with Crippen LogP contribution in [0, 0.1) is 11.8 Å². The number of phenolic OH excluding ortho intramolecular Hbond substituents is 1. The van der Waals surface area contributed by atoms with Crippen molar-refractivity contribution in [3.05, 3.63) is 65.7 Å².